The van der Waals surface area contributed by atoms with Gasteiger partial charge in [-0.25, -0.2) is 0 Å². The largest absolute Gasteiger partial charge is 0.395 e. The van der Waals surface area contributed by atoms with E-state index in [0.29, 0.717) is 30.0 Å². The summed E-state index contributed by atoms with van der Waals surface area (Å²) >= 11 is 0. The first-order valence-corrected chi connectivity index (χ1v) is 7.78. The normalized spacial score (nSPS) is 11.0. The number of aryl methyl sites for hydroxylation is 1. The summed E-state index contributed by atoms with van der Waals surface area (Å²) in [5.41, 5.74) is 2.66. The molecule has 8 heteroatoms. The number of nitro benzene ring substituents is 1. The van der Waals surface area contributed by atoms with Gasteiger partial charge in [-0.3, -0.25) is 10.1 Å². The number of hydrogen-bond donors (Lipinski definition) is 2. The van der Waals surface area contributed by atoms with Crippen LogP contribution in [0.4, 0.5) is 22.7 Å². The quantitative estimate of drug-likeness (QED) is 0.434. The van der Waals surface area contributed by atoms with Gasteiger partial charge in [0.2, 0.25) is 0 Å². The maximum atomic E-state index is 10.8. The van der Waals surface area contributed by atoms with Gasteiger partial charge in [0.25, 0.3) is 5.69 Å². The highest BCUT2D eigenvalue weighted by molar-refractivity contribution is 5.56. The molecule has 0 fully saturated rings. The first-order chi connectivity index (χ1) is 12.0. The molecule has 0 saturated carbocycles. The first kappa shape index (κ1) is 18.5. The Morgan fingerprint density at radius 2 is 1.80 bits per heavy atom. The summed E-state index contributed by atoms with van der Waals surface area (Å²) in [6, 6.07) is 11.7. The van der Waals surface area contributed by atoms with Crippen LogP contribution in [0.2, 0.25) is 0 Å². The highest BCUT2D eigenvalue weighted by Crippen LogP contribution is 2.27. The van der Waals surface area contributed by atoms with E-state index in [-0.39, 0.29) is 18.9 Å². The monoisotopic (exact) mass is 344 g/mol. The summed E-state index contributed by atoms with van der Waals surface area (Å²) in [6.07, 6.45) is 0. The predicted octanol–water partition coefficient (Wildman–Crippen LogP) is 3.11. The standard InChI is InChI=1S/C17H20N4O4/c1-13-11-16(21(24)25)5-6-17(13)19-18-14-3-2-4-15(12-14)20(7-9-22)8-10-23/h2-6,11-12,22-23H,7-10H2,1H3. The van der Waals surface area contributed by atoms with Crippen molar-refractivity contribution in [3.63, 3.8) is 0 Å². The van der Waals surface area contributed by atoms with Gasteiger partial charge in [-0.2, -0.15) is 10.2 Å². The van der Waals surface area contributed by atoms with Crippen molar-refractivity contribution >= 4 is 22.7 Å². The molecule has 132 valence electrons. The van der Waals surface area contributed by atoms with Crippen molar-refractivity contribution in [3.8, 4) is 0 Å². The lowest BCUT2D eigenvalue weighted by Crippen LogP contribution is -2.29. The molecule has 2 aromatic rings. The lowest BCUT2D eigenvalue weighted by atomic mass is 10.2. The lowest BCUT2D eigenvalue weighted by molar-refractivity contribution is -0.384. The van der Waals surface area contributed by atoms with Crippen LogP contribution in [0.15, 0.2) is 52.7 Å². The Bertz CT molecular complexity index is 758. The summed E-state index contributed by atoms with van der Waals surface area (Å²) in [6.45, 7) is 2.51. The maximum Gasteiger partial charge on any atom is 0.269 e. The highest BCUT2D eigenvalue weighted by Gasteiger charge is 2.08. The summed E-state index contributed by atoms with van der Waals surface area (Å²) < 4.78 is 0. The molecule has 0 aliphatic heterocycles. The molecule has 2 rings (SSSR count). The molecule has 0 heterocycles. The van der Waals surface area contributed by atoms with Crippen LogP contribution in [-0.2, 0) is 0 Å². The number of aliphatic hydroxyl groups is 2. The van der Waals surface area contributed by atoms with Gasteiger partial charge in [-0.05, 0) is 36.8 Å². The lowest BCUT2D eigenvalue weighted by Gasteiger charge is -2.22. The van der Waals surface area contributed by atoms with Gasteiger partial charge in [0, 0.05) is 30.9 Å². The summed E-state index contributed by atoms with van der Waals surface area (Å²) in [7, 11) is 0. The third-order valence-electron chi connectivity index (χ3n) is 3.60. The van der Waals surface area contributed by atoms with Gasteiger partial charge in [0.05, 0.1) is 29.5 Å². The highest BCUT2D eigenvalue weighted by atomic mass is 16.6. The van der Waals surface area contributed by atoms with E-state index in [1.165, 1.54) is 12.1 Å². The number of anilines is 1. The van der Waals surface area contributed by atoms with E-state index in [0.717, 1.165) is 5.69 Å². The summed E-state index contributed by atoms with van der Waals surface area (Å²) in [4.78, 5) is 12.2. The number of hydrogen-bond acceptors (Lipinski definition) is 7. The molecule has 2 N–H and O–H groups in total. The fourth-order valence-corrected chi connectivity index (χ4v) is 2.34. The number of benzene rings is 2. The second-order valence-corrected chi connectivity index (χ2v) is 5.38. The molecule has 0 aliphatic carbocycles. The first-order valence-electron chi connectivity index (χ1n) is 7.78. The average Bonchev–Trinajstić information content (AvgIpc) is 2.60. The Morgan fingerprint density at radius 3 is 2.40 bits per heavy atom. The van der Waals surface area contributed by atoms with Crippen LogP contribution in [0.5, 0.6) is 0 Å². The van der Waals surface area contributed by atoms with Crippen molar-refractivity contribution in [2.24, 2.45) is 10.2 Å². The van der Waals surface area contributed by atoms with E-state index in [4.69, 9.17) is 10.2 Å². The molecule has 0 amide bonds. The Balaban J connectivity index is 2.21. The van der Waals surface area contributed by atoms with Crippen LogP contribution < -0.4 is 4.90 Å². The van der Waals surface area contributed by atoms with Gasteiger partial charge in [0.1, 0.15) is 0 Å². The molecule has 0 bridgehead atoms. The van der Waals surface area contributed by atoms with Crippen molar-refractivity contribution < 1.29 is 15.1 Å². The molecule has 0 radical (unpaired) electrons. The number of nitrogens with zero attached hydrogens (tertiary/aromatic N) is 4. The molecule has 0 unspecified atom stereocenters. The van der Waals surface area contributed by atoms with Gasteiger partial charge in [-0.15, -0.1) is 0 Å². The van der Waals surface area contributed by atoms with E-state index in [1.807, 2.05) is 17.0 Å². The molecule has 0 saturated heterocycles. The van der Waals surface area contributed by atoms with Crippen molar-refractivity contribution in [2.75, 3.05) is 31.2 Å². The maximum absolute atomic E-state index is 10.8. The third kappa shape index (κ3) is 5.07. The summed E-state index contributed by atoms with van der Waals surface area (Å²) in [5, 5.41) is 37.3. The number of aliphatic hydroxyl groups excluding tert-OH is 2. The smallest absolute Gasteiger partial charge is 0.269 e. The summed E-state index contributed by atoms with van der Waals surface area (Å²) in [5.74, 6) is 0. The molecule has 8 nitrogen and oxygen atoms in total. The third-order valence-corrected chi connectivity index (χ3v) is 3.60. The fourth-order valence-electron chi connectivity index (χ4n) is 2.34. The van der Waals surface area contributed by atoms with Crippen LogP contribution in [0, 0.1) is 17.0 Å². The van der Waals surface area contributed by atoms with E-state index < -0.39 is 4.92 Å². The molecular formula is C17H20N4O4. The Hall–Kier alpha value is -2.84. The zero-order valence-corrected chi connectivity index (χ0v) is 13.9. The van der Waals surface area contributed by atoms with E-state index >= 15 is 0 Å². The molecule has 2 aromatic carbocycles. The number of azo groups is 1. The second-order valence-electron chi connectivity index (χ2n) is 5.38. The van der Waals surface area contributed by atoms with Gasteiger partial charge in [0.15, 0.2) is 0 Å². The predicted molar refractivity (Wildman–Crippen MR) is 94.8 cm³/mol. The Kier molecular flexibility index (Phi) is 6.55. The van der Waals surface area contributed by atoms with Crippen molar-refractivity contribution in [2.45, 2.75) is 6.92 Å². The minimum absolute atomic E-state index is 0.0158. The molecule has 25 heavy (non-hydrogen) atoms. The van der Waals surface area contributed by atoms with Gasteiger partial charge >= 0.3 is 0 Å². The molecule has 0 aliphatic rings. The molecule has 0 atom stereocenters. The minimum Gasteiger partial charge on any atom is -0.395 e. The van der Waals surface area contributed by atoms with Gasteiger partial charge < -0.3 is 15.1 Å². The molecule has 0 spiro atoms. The number of non-ortho nitro benzene ring substituents is 1. The SMILES string of the molecule is Cc1cc([N+](=O)[O-])ccc1N=Nc1cccc(N(CCO)CCO)c1. The number of nitro groups is 1. The zero-order chi connectivity index (χ0) is 18.2. The average molecular weight is 344 g/mol. The van der Waals surface area contributed by atoms with Crippen LogP contribution in [0.1, 0.15) is 5.56 Å². The molecule has 0 aromatic heterocycles. The Morgan fingerprint density at radius 1 is 1.08 bits per heavy atom. The van der Waals surface area contributed by atoms with Crippen molar-refractivity contribution in [1.82, 2.24) is 0 Å². The van der Waals surface area contributed by atoms with E-state index in [2.05, 4.69) is 10.2 Å². The fraction of sp³-hybridized carbons (Fsp3) is 0.294. The molecular weight excluding hydrogens is 324 g/mol. The van der Waals surface area contributed by atoms with Crippen LogP contribution in [0.25, 0.3) is 0 Å². The number of rotatable bonds is 8. The van der Waals surface area contributed by atoms with Crippen LogP contribution in [0.3, 0.4) is 0 Å². The van der Waals surface area contributed by atoms with E-state index in [1.54, 1.807) is 25.1 Å². The minimum atomic E-state index is -0.450. The second kappa shape index (κ2) is 8.86. The van der Waals surface area contributed by atoms with Crippen molar-refractivity contribution in [1.29, 1.82) is 0 Å². The van der Waals surface area contributed by atoms with E-state index in [9.17, 15) is 10.1 Å². The van der Waals surface area contributed by atoms with Crippen LogP contribution in [-0.4, -0.2) is 41.4 Å². The van der Waals surface area contributed by atoms with Gasteiger partial charge in [-0.1, -0.05) is 6.07 Å². The topological polar surface area (TPSA) is 112 Å². The van der Waals surface area contributed by atoms with Crippen LogP contribution >= 0.6 is 0 Å². The zero-order valence-electron chi connectivity index (χ0n) is 13.9. The van der Waals surface area contributed by atoms with Crippen molar-refractivity contribution in [3.05, 3.63) is 58.1 Å². The Labute approximate surface area is 145 Å².